The van der Waals surface area contributed by atoms with Gasteiger partial charge in [-0.2, -0.15) is 0 Å². The van der Waals surface area contributed by atoms with Crippen LogP contribution >= 0.6 is 0 Å². The number of aliphatic hydroxyl groups is 1. The van der Waals surface area contributed by atoms with Crippen LogP contribution in [0.4, 0.5) is 0 Å². The summed E-state index contributed by atoms with van der Waals surface area (Å²) in [4.78, 5) is 16.1. The number of piperidine rings is 1. The second kappa shape index (κ2) is 9.65. The van der Waals surface area contributed by atoms with Crippen molar-refractivity contribution in [2.45, 2.75) is 64.6 Å². The molecule has 3 N–H and O–H groups in total. The molecule has 0 aliphatic carbocycles. The minimum Gasteiger partial charge on any atom is -0.491 e. The fraction of sp³-hybridized carbons (Fsp3) is 0.560. The molecule has 0 unspecified atom stereocenters. The molecule has 2 aromatic rings. The van der Waals surface area contributed by atoms with Gasteiger partial charge >= 0.3 is 0 Å². The summed E-state index contributed by atoms with van der Waals surface area (Å²) in [5.74, 6) is 2.79. The van der Waals surface area contributed by atoms with Gasteiger partial charge in [0.2, 0.25) is 0 Å². The van der Waals surface area contributed by atoms with Crippen molar-refractivity contribution in [3.8, 4) is 17.1 Å². The normalized spacial score (nSPS) is 18.3. The Morgan fingerprint density at radius 2 is 2.06 bits per heavy atom. The zero-order valence-electron chi connectivity index (χ0n) is 20.2. The van der Waals surface area contributed by atoms with Crippen LogP contribution in [0.1, 0.15) is 57.7 Å². The molecule has 1 aromatic heterocycles. The van der Waals surface area contributed by atoms with Crippen molar-refractivity contribution in [3.05, 3.63) is 35.7 Å². The summed E-state index contributed by atoms with van der Waals surface area (Å²) in [6.07, 6.45) is 5.40. The largest absolute Gasteiger partial charge is 0.491 e. The number of benzene rings is 1. The van der Waals surface area contributed by atoms with Gasteiger partial charge < -0.3 is 20.1 Å². The van der Waals surface area contributed by atoms with Gasteiger partial charge in [-0.05, 0) is 77.2 Å². The third-order valence-electron chi connectivity index (χ3n) is 6.63. The van der Waals surface area contributed by atoms with Gasteiger partial charge in [-0.25, -0.2) is 9.98 Å². The van der Waals surface area contributed by atoms with Crippen LogP contribution in [0.2, 0.25) is 0 Å². The van der Waals surface area contributed by atoms with Crippen molar-refractivity contribution in [3.63, 3.8) is 0 Å². The van der Waals surface area contributed by atoms with E-state index in [4.69, 9.17) is 15.5 Å². The van der Waals surface area contributed by atoms with Gasteiger partial charge in [-0.3, -0.25) is 9.89 Å². The highest BCUT2D eigenvalue weighted by Gasteiger charge is 2.31. The molecule has 0 saturated carbocycles. The molecular weight excluding hydrogens is 416 g/mol. The van der Waals surface area contributed by atoms with Gasteiger partial charge in [0.25, 0.3) is 0 Å². The number of aliphatic imine (C=N–C) groups is 2. The molecule has 1 saturated heterocycles. The van der Waals surface area contributed by atoms with Crippen LogP contribution in [0.25, 0.3) is 11.4 Å². The van der Waals surface area contributed by atoms with E-state index >= 15 is 0 Å². The maximum absolute atomic E-state index is 9.69. The Bertz CT molecular complexity index is 1030. The molecule has 33 heavy (non-hydrogen) atoms. The lowest BCUT2D eigenvalue weighted by atomic mass is 9.86. The van der Waals surface area contributed by atoms with E-state index in [-0.39, 0.29) is 18.2 Å². The van der Waals surface area contributed by atoms with Crippen molar-refractivity contribution in [1.82, 2.24) is 14.5 Å². The third kappa shape index (κ3) is 4.96. The second-order valence-electron chi connectivity index (χ2n) is 9.80. The third-order valence-corrected chi connectivity index (χ3v) is 6.63. The molecule has 0 amide bonds. The summed E-state index contributed by atoms with van der Waals surface area (Å²) in [5.41, 5.74) is 8.40. The fourth-order valence-electron chi connectivity index (χ4n) is 4.66. The summed E-state index contributed by atoms with van der Waals surface area (Å²) in [7, 11) is 0. The molecule has 8 nitrogen and oxygen atoms in total. The molecular formula is C25H36N6O2. The van der Waals surface area contributed by atoms with Gasteiger partial charge in [0.15, 0.2) is 5.84 Å². The number of fused-ring (bicyclic) bond motifs is 3. The summed E-state index contributed by atoms with van der Waals surface area (Å²) >= 11 is 0. The Kier molecular flexibility index (Phi) is 6.86. The van der Waals surface area contributed by atoms with E-state index in [2.05, 4.69) is 51.5 Å². The van der Waals surface area contributed by atoms with E-state index < -0.39 is 0 Å². The highest BCUT2D eigenvalue weighted by atomic mass is 16.5. The van der Waals surface area contributed by atoms with Crippen LogP contribution in [-0.4, -0.2) is 69.6 Å². The van der Waals surface area contributed by atoms with Crippen molar-refractivity contribution in [2.24, 2.45) is 15.7 Å². The van der Waals surface area contributed by atoms with Crippen molar-refractivity contribution >= 4 is 12.2 Å². The van der Waals surface area contributed by atoms with Crippen LogP contribution in [-0.2, 0) is 6.54 Å². The van der Waals surface area contributed by atoms with Gasteiger partial charge in [0.05, 0.1) is 25.1 Å². The van der Waals surface area contributed by atoms with Crippen LogP contribution in [0.15, 0.2) is 34.4 Å². The first-order chi connectivity index (χ1) is 15.8. The minimum absolute atomic E-state index is 0.0951. The van der Waals surface area contributed by atoms with Crippen LogP contribution < -0.4 is 10.5 Å². The van der Waals surface area contributed by atoms with Gasteiger partial charge in [-0.1, -0.05) is 6.07 Å². The molecule has 0 radical (unpaired) electrons. The Morgan fingerprint density at radius 1 is 1.30 bits per heavy atom. The first-order valence-corrected chi connectivity index (χ1v) is 11.8. The first kappa shape index (κ1) is 23.4. The van der Waals surface area contributed by atoms with E-state index in [1.807, 2.05) is 20.0 Å². The van der Waals surface area contributed by atoms with E-state index in [1.165, 1.54) is 11.9 Å². The number of ether oxygens (including phenoxy) is 1. The van der Waals surface area contributed by atoms with E-state index in [0.717, 1.165) is 48.8 Å². The Balaban J connectivity index is 1.59. The van der Waals surface area contributed by atoms with Crippen LogP contribution in [0, 0.1) is 0 Å². The molecule has 3 heterocycles. The lowest BCUT2D eigenvalue weighted by Gasteiger charge is -2.42. The Hall–Kier alpha value is -2.71. The fourth-order valence-corrected chi connectivity index (χ4v) is 4.66. The van der Waals surface area contributed by atoms with Gasteiger partial charge in [-0.15, -0.1) is 0 Å². The lowest BCUT2D eigenvalue weighted by molar-refractivity contribution is 0.0379. The number of aliphatic hydroxyl groups excluding tert-OH is 1. The maximum Gasteiger partial charge on any atom is 0.176 e. The van der Waals surface area contributed by atoms with E-state index in [0.29, 0.717) is 24.9 Å². The predicted octanol–water partition coefficient (Wildman–Crippen LogP) is 3.03. The Labute approximate surface area is 196 Å². The smallest absolute Gasteiger partial charge is 0.176 e. The molecule has 1 fully saturated rings. The van der Waals surface area contributed by atoms with Crippen LogP contribution in [0.5, 0.6) is 5.75 Å². The first-order valence-electron chi connectivity index (χ1n) is 11.8. The highest BCUT2D eigenvalue weighted by molar-refractivity contribution is 6.01. The quantitative estimate of drug-likeness (QED) is 0.536. The monoisotopic (exact) mass is 452 g/mol. The SMILES string of the molecule is CC(C)N=C(N=CN)c1cn2c(n1)-c1ccc(C3CCN(C(C)(C)CO)CC3)cc1OCC2. The summed E-state index contributed by atoms with van der Waals surface area (Å²) in [6.45, 7) is 11.7. The average Bonchev–Trinajstić information content (AvgIpc) is 3.15. The molecule has 2 aliphatic heterocycles. The molecule has 0 atom stereocenters. The number of amidine groups is 1. The number of hydrogen-bond acceptors (Lipinski definition) is 5. The van der Waals surface area contributed by atoms with Gasteiger partial charge in [0.1, 0.15) is 23.9 Å². The Morgan fingerprint density at radius 3 is 2.73 bits per heavy atom. The minimum atomic E-state index is -0.164. The number of nitrogens with zero attached hydrogens (tertiary/aromatic N) is 5. The maximum atomic E-state index is 9.69. The van der Waals surface area contributed by atoms with Crippen LogP contribution in [0.3, 0.4) is 0 Å². The summed E-state index contributed by atoms with van der Waals surface area (Å²) < 4.78 is 8.25. The standard InChI is InChI=1S/C25H36N6O2/c1-17(2)28-23(27-16-26)21-14-30-11-12-33-22-13-19(5-6-20(22)24(30)29-21)18-7-9-31(10-8-18)25(3,4)15-32/h5-6,13-14,16-18,32H,7-12,15H2,1-4H3,(H2,26,27,28). The van der Waals surface area contributed by atoms with E-state index in [1.54, 1.807) is 0 Å². The topological polar surface area (TPSA) is 101 Å². The summed E-state index contributed by atoms with van der Waals surface area (Å²) in [6, 6.07) is 6.63. The van der Waals surface area contributed by atoms with E-state index in [9.17, 15) is 5.11 Å². The predicted molar refractivity (Wildman–Crippen MR) is 132 cm³/mol. The molecule has 0 bridgehead atoms. The molecule has 0 spiro atoms. The lowest BCUT2D eigenvalue weighted by Crippen LogP contribution is -2.50. The number of hydrogen-bond donors (Lipinski definition) is 2. The number of rotatable bonds is 5. The highest BCUT2D eigenvalue weighted by Crippen LogP contribution is 2.38. The number of likely N-dealkylation sites (tertiary alicyclic amines) is 1. The summed E-state index contributed by atoms with van der Waals surface area (Å²) in [5, 5.41) is 9.69. The van der Waals surface area contributed by atoms with Crippen molar-refractivity contribution < 1.29 is 9.84 Å². The molecule has 1 aromatic carbocycles. The average molecular weight is 453 g/mol. The zero-order chi connectivity index (χ0) is 23.6. The number of imidazole rings is 1. The number of aromatic nitrogens is 2. The zero-order valence-corrected chi connectivity index (χ0v) is 20.2. The molecule has 2 aliphatic rings. The molecule has 8 heteroatoms. The second-order valence-corrected chi connectivity index (χ2v) is 9.80. The van der Waals surface area contributed by atoms with Crippen molar-refractivity contribution in [2.75, 3.05) is 26.3 Å². The number of nitrogens with two attached hydrogens (primary N) is 1. The van der Waals surface area contributed by atoms with Gasteiger partial charge in [0, 0.05) is 17.8 Å². The molecule has 4 rings (SSSR count). The van der Waals surface area contributed by atoms with Crippen molar-refractivity contribution in [1.29, 1.82) is 0 Å². The molecule has 178 valence electrons.